The Bertz CT molecular complexity index is 519. The van der Waals surface area contributed by atoms with Gasteiger partial charge in [-0.2, -0.15) is 0 Å². The summed E-state index contributed by atoms with van der Waals surface area (Å²) in [5.74, 6) is 0. The third-order valence-electron chi connectivity index (χ3n) is 1.83. The largest absolute Gasteiger partial charge is 0.773 e. The summed E-state index contributed by atoms with van der Waals surface area (Å²) in [5.41, 5.74) is 0.0839. The number of hydrogen-bond donors (Lipinski definition) is 0. The van der Waals surface area contributed by atoms with Gasteiger partial charge in [0.1, 0.15) is 0 Å². The molecule has 0 aliphatic heterocycles. The van der Waals surface area contributed by atoms with Crippen LogP contribution in [-0.2, 0) is 16.1 Å². The highest BCUT2D eigenvalue weighted by Crippen LogP contribution is 2.34. The van der Waals surface area contributed by atoms with Crippen LogP contribution in [0, 0.1) is 0 Å². The second-order valence-corrected chi connectivity index (χ2v) is 5.37. The Morgan fingerprint density at radius 3 is 3.14 bits per heavy atom. The third-order valence-corrected chi connectivity index (χ3v) is 4.38. The Balaban J connectivity index is 2.70. The van der Waals surface area contributed by atoms with Crippen LogP contribution < -0.4 is 14.9 Å². The maximum absolute atomic E-state index is 11.4. The van der Waals surface area contributed by atoms with E-state index >= 15 is 0 Å². The van der Waals surface area contributed by atoms with Crippen molar-refractivity contribution >= 4 is 29.3 Å². The molecule has 1 atom stereocenters. The van der Waals surface area contributed by atoms with Gasteiger partial charge in [0, 0.05) is 17.6 Å². The molecule has 0 radical (unpaired) electrons. The number of hydrogen-bond acceptors (Lipinski definition) is 5. The summed E-state index contributed by atoms with van der Waals surface area (Å²) < 4.78 is 19.0. The van der Waals surface area contributed by atoms with E-state index in [1.165, 1.54) is 21.2 Å². The Labute approximate surface area is 83.9 Å². The summed E-state index contributed by atoms with van der Waals surface area (Å²) in [5, 5.41) is 5.44. The van der Waals surface area contributed by atoms with E-state index in [-0.39, 0.29) is 5.44 Å². The predicted octanol–water partition coefficient (Wildman–Crippen LogP) is -0.955. The van der Waals surface area contributed by atoms with Crippen molar-refractivity contribution in [2.45, 2.75) is 0 Å². The molecule has 0 aromatic carbocycles. The van der Waals surface area contributed by atoms with Crippen LogP contribution in [0.2, 0.25) is 0 Å². The van der Waals surface area contributed by atoms with E-state index in [4.69, 9.17) is 0 Å². The monoisotopic (exact) mass is 233 g/mol. The minimum atomic E-state index is -3.96. The van der Waals surface area contributed by atoms with Crippen molar-refractivity contribution in [2.24, 2.45) is 7.05 Å². The smallest absolute Gasteiger partial charge is 0.324 e. The molecule has 0 saturated carbocycles. The fourth-order valence-electron chi connectivity index (χ4n) is 1.10. The minimum Gasteiger partial charge on any atom is -0.773 e. The number of aromatic nitrogens is 3. The molecule has 2 aromatic heterocycles. The van der Waals surface area contributed by atoms with Gasteiger partial charge in [0.15, 0.2) is 0 Å². The second kappa shape index (κ2) is 3.13. The lowest BCUT2D eigenvalue weighted by atomic mass is 11.0. The first kappa shape index (κ1) is 9.79. The van der Waals surface area contributed by atoms with Gasteiger partial charge in [-0.3, -0.25) is 0 Å². The molecule has 14 heavy (non-hydrogen) atoms. The van der Waals surface area contributed by atoms with Gasteiger partial charge in [-0.05, 0) is 0 Å². The molecule has 0 bridgehead atoms. The fourth-order valence-corrected chi connectivity index (χ4v) is 3.17. The molecule has 0 fully saturated rings. The lowest BCUT2D eigenvalue weighted by molar-refractivity contribution is -0.643. The van der Waals surface area contributed by atoms with Crippen molar-refractivity contribution in [1.82, 2.24) is 9.61 Å². The summed E-state index contributed by atoms with van der Waals surface area (Å²) in [4.78, 5) is 12.2. The molecule has 0 aliphatic carbocycles. The van der Waals surface area contributed by atoms with Crippen molar-refractivity contribution in [3.63, 3.8) is 0 Å². The van der Waals surface area contributed by atoms with Crippen LogP contribution in [0.25, 0.3) is 4.96 Å². The van der Waals surface area contributed by atoms with Crippen molar-refractivity contribution in [3.8, 4) is 0 Å². The highest BCUT2D eigenvalue weighted by molar-refractivity contribution is 7.60. The lowest BCUT2D eigenvalue weighted by Crippen LogP contribution is -2.25. The van der Waals surface area contributed by atoms with Gasteiger partial charge in [0.05, 0.1) is 7.05 Å². The van der Waals surface area contributed by atoms with E-state index in [1.807, 2.05) is 0 Å². The number of thiazole rings is 1. The Morgan fingerprint density at radius 1 is 1.79 bits per heavy atom. The predicted molar refractivity (Wildman–Crippen MR) is 48.5 cm³/mol. The summed E-state index contributed by atoms with van der Waals surface area (Å²) in [7, 11) is -1.03. The van der Waals surface area contributed by atoms with Crippen molar-refractivity contribution in [2.75, 3.05) is 7.11 Å². The molecule has 8 heteroatoms. The van der Waals surface area contributed by atoms with Crippen LogP contribution in [0.1, 0.15) is 0 Å². The highest BCUT2D eigenvalue weighted by atomic mass is 32.1. The average Bonchev–Trinajstić information content (AvgIpc) is 2.69. The standard InChI is InChI=1S/C6H8N3O3PS/c1-8-4-7-9-5(3-14-6(8)9)13(10,11)12-2/h3-4H,1-2H3. The number of aryl methyl sites for hydroxylation is 1. The summed E-state index contributed by atoms with van der Waals surface area (Å²) in [6.07, 6.45) is 1.55. The normalized spacial score (nSPS) is 15.9. The Kier molecular flexibility index (Phi) is 2.19. The molecule has 0 aliphatic rings. The molecule has 76 valence electrons. The fraction of sp³-hybridized carbons (Fsp3) is 0.333. The van der Waals surface area contributed by atoms with Crippen LogP contribution in [0.5, 0.6) is 0 Å². The number of rotatable bonds is 2. The van der Waals surface area contributed by atoms with E-state index in [2.05, 4.69) is 9.62 Å². The van der Waals surface area contributed by atoms with Crippen molar-refractivity contribution < 1.29 is 18.5 Å². The van der Waals surface area contributed by atoms with Gasteiger partial charge < -0.3 is 14.0 Å². The van der Waals surface area contributed by atoms with Gasteiger partial charge in [0.2, 0.25) is 13.0 Å². The van der Waals surface area contributed by atoms with E-state index in [0.29, 0.717) is 0 Å². The molecule has 0 spiro atoms. The van der Waals surface area contributed by atoms with Gasteiger partial charge in [-0.25, -0.2) is 4.57 Å². The zero-order chi connectivity index (χ0) is 10.3. The van der Waals surface area contributed by atoms with Crippen LogP contribution in [0.15, 0.2) is 11.7 Å². The molecule has 0 N–H and O–H groups in total. The molecule has 6 nitrogen and oxygen atoms in total. The van der Waals surface area contributed by atoms with Crippen LogP contribution >= 0.6 is 18.9 Å². The molecular formula is C6H8N3O3PS. The first-order chi connectivity index (χ1) is 6.56. The van der Waals surface area contributed by atoms with E-state index in [9.17, 15) is 9.46 Å². The second-order valence-electron chi connectivity index (χ2n) is 2.71. The topological polar surface area (TPSA) is 70.5 Å². The van der Waals surface area contributed by atoms with Gasteiger partial charge in [-0.1, -0.05) is 15.9 Å². The molecule has 1 unspecified atom stereocenters. The number of fused-ring (bicyclic) bond motifs is 1. The summed E-state index contributed by atoms with van der Waals surface area (Å²) >= 11 is 1.30. The molecule has 0 saturated heterocycles. The molecule has 2 rings (SSSR count). The van der Waals surface area contributed by atoms with E-state index < -0.39 is 7.60 Å². The molecular weight excluding hydrogens is 225 g/mol. The lowest BCUT2D eigenvalue weighted by Gasteiger charge is -2.15. The van der Waals surface area contributed by atoms with Crippen molar-refractivity contribution in [3.05, 3.63) is 11.7 Å². The first-order valence-electron chi connectivity index (χ1n) is 3.74. The summed E-state index contributed by atoms with van der Waals surface area (Å²) in [6, 6.07) is 0. The Morgan fingerprint density at radius 2 is 2.50 bits per heavy atom. The maximum Gasteiger partial charge on any atom is 0.324 e. The number of nitrogens with zero attached hydrogens (tertiary/aromatic N) is 3. The quantitative estimate of drug-likeness (QED) is 0.495. The zero-order valence-corrected chi connectivity index (χ0v) is 9.29. The first-order valence-corrected chi connectivity index (χ1v) is 6.16. The molecule has 2 aromatic rings. The zero-order valence-electron chi connectivity index (χ0n) is 7.58. The van der Waals surface area contributed by atoms with E-state index in [0.717, 1.165) is 12.1 Å². The Hall–Kier alpha value is -0.750. The van der Waals surface area contributed by atoms with E-state index in [1.54, 1.807) is 17.9 Å². The minimum absolute atomic E-state index is 0.0839. The van der Waals surface area contributed by atoms with Gasteiger partial charge >= 0.3 is 4.96 Å². The van der Waals surface area contributed by atoms with Crippen LogP contribution in [0.4, 0.5) is 0 Å². The molecule has 0 amide bonds. The molecule has 2 heterocycles. The van der Waals surface area contributed by atoms with Crippen molar-refractivity contribution in [1.29, 1.82) is 0 Å². The van der Waals surface area contributed by atoms with Crippen LogP contribution in [0.3, 0.4) is 0 Å². The van der Waals surface area contributed by atoms with Gasteiger partial charge in [-0.15, -0.1) is 0 Å². The SMILES string of the molecule is COP(=O)([O-])c1csc2n1nc[n+]2C. The van der Waals surface area contributed by atoms with Gasteiger partial charge in [0.25, 0.3) is 6.33 Å². The van der Waals surface area contributed by atoms with Crippen LogP contribution in [-0.4, -0.2) is 16.7 Å². The maximum atomic E-state index is 11.4. The third kappa shape index (κ3) is 1.29. The summed E-state index contributed by atoms with van der Waals surface area (Å²) in [6.45, 7) is 0. The average molecular weight is 233 g/mol. The highest BCUT2D eigenvalue weighted by Gasteiger charge is 2.24.